The molecule has 0 unspecified atom stereocenters. The lowest BCUT2D eigenvalue weighted by atomic mass is 10.1. The third-order valence-corrected chi connectivity index (χ3v) is 4.30. The number of anilines is 2. The van der Waals surface area contributed by atoms with Crippen molar-refractivity contribution in [1.29, 1.82) is 0 Å². The van der Waals surface area contributed by atoms with E-state index in [0.29, 0.717) is 18.2 Å². The van der Waals surface area contributed by atoms with E-state index in [4.69, 9.17) is 0 Å². The molecule has 2 aromatic carbocycles. The fourth-order valence-corrected chi connectivity index (χ4v) is 2.81. The Hall–Kier alpha value is -3.21. The lowest BCUT2D eigenvalue weighted by Crippen LogP contribution is -2.27. The number of nitrogens with one attached hydrogen (secondary N) is 1. The second-order valence-electron chi connectivity index (χ2n) is 6.54. The highest BCUT2D eigenvalue weighted by atomic mass is 16.2. The largest absolute Gasteiger partial charge is 0.336 e. The molecule has 0 saturated carbocycles. The Morgan fingerprint density at radius 3 is 2.37 bits per heavy atom. The van der Waals surface area contributed by atoms with Crippen molar-refractivity contribution in [2.24, 2.45) is 0 Å². The van der Waals surface area contributed by atoms with Crippen LogP contribution in [0, 0.1) is 6.92 Å². The molecule has 138 valence electrons. The zero-order chi connectivity index (χ0) is 19.2. The number of rotatable bonds is 6. The molecule has 5 heteroatoms. The molecule has 0 aliphatic heterocycles. The van der Waals surface area contributed by atoms with Gasteiger partial charge in [-0.2, -0.15) is 0 Å². The standard InChI is InChI=1S/C22H24N4O/c1-4-17-10-12-19(13-11-17)24-22-23-16(2)14-20(25-22)21(27)26(3)15-18-8-6-5-7-9-18/h5-14H,4,15H2,1-3H3,(H,23,24,25). The topological polar surface area (TPSA) is 58.1 Å². The van der Waals surface area contributed by atoms with Crippen LogP contribution >= 0.6 is 0 Å². The molecule has 3 aromatic rings. The molecular formula is C22H24N4O. The minimum Gasteiger partial charge on any atom is -0.336 e. The van der Waals surface area contributed by atoms with Crippen molar-refractivity contribution in [2.45, 2.75) is 26.8 Å². The number of carbonyl (C=O) groups excluding carboxylic acids is 1. The molecule has 1 aromatic heterocycles. The van der Waals surface area contributed by atoms with Crippen molar-refractivity contribution in [1.82, 2.24) is 14.9 Å². The van der Waals surface area contributed by atoms with E-state index < -0.39 is 0 Å². The first-order valence-corrected chi connectivity index (χ1v) is 9.06. The number of aromatic nitrogens is 2. The molecule has 0 atom stereocenters. The highest BCUT2D eigenvalue weighted by Gasteiger charge is 2.15. The first-order valence-electron chi connectivity index (χ1n) is 9.06. The molecule has 0 fully saturated rings. The van der Waals surface area contributed by atoms with Gasteiger partial charge in [-0.05, 0) is 42.7 Å². The second-order valence-corrected chi connectivity index (χ2v) is 6.54. The van der Waals surface area contributed by atoms with Crippen molar-refractivity contribution < 1.29 is 4.79 Å². The Morgan fingerprint density at radius 2 is 1.70 bits per heavy atom. The van der Waals surface area contributed by atoms with Gasteiger partial charge < -0.3 is 10.2 Å². The lowest BCUT2D eigenvalue weighted by molar-refractivity contribution is 0.0779. The molecule has 1 amide bonds. The Kier molecular flexibility index (Phi) is 5.81. The van der Waals surface area contributed by atoms with Crippen LogP contribution in [0.25, 0.3) is 0 Å². The number of nitrogens with zero attached hydrogens (tertiary/aromatic N) is 3. The van der Waals surface area contributed by atoms with Crippen LogP contribution in [0.15, 0.2) is 60.7 Å². The fraction of sp³-hybridized carbons (Fsp3) is 0.227. The minimum atomic E-state index is -0.131. The van der Waals surface area contributed by atoms with E-state index in [0.717, 1.165) is 23.4 Å². The van der Waals surface area contributed by atoms with E-state index >= 15 is 0 Å². The third kappa shape index (κ3) is 4.91. The quantitative estimate of drug-likeness (QED) is 0.709. The SMILES string of the molecule is CCc1ccc(Nc2nc(C)cc(C(=O)N(C)Cc3ccccc3)n2)cc1. The summed E-state index contributed by atoms with van der Waals surface area (Å²) in [5.41, 5.74) is 4.37. The Balaban J connectivity index is 1.76. The average molecular weight is 360 g/mol. The average Bonchev–Trinajstić information content (AvgIpc) is 2.68. The third-order valence-electron chi connectivity index (χ3n) is 4.30. The molecule has 0 aliphatic rings. The van der Waals surface area contributed by atoms with E-state index in [-0.39, 0.29) is 5.91 Å². The fourth-order valence-electron chi connectivity index (χ4n) is 2.81. The van der Waals surface area contributed by atoms with Crippen LogP contribution in [0.1, 0.15) is 34.2 Å². The molecule has 27 heavy (non-hydrogen) atoms. The molecule has 1 N–H and O–H groups in total. The summed E-state index contributed by atoms with van der Waals surface area (Å²) in [4.78, 5) is 23.3. The van der Waals surface area contributed by atoms with Gasteiger partial charge in [0.1, 0.15) is 5.69 Å². The van der Waals surface area contributed by atoms with Crippen molar-refractivity contribution in [3.05, 3.63) is 83.2 Å². The monoisotopic (exact) mass is 360 g/mol. The summed E-state index contributed by atoms with van der Waals surface area (Å²) in [7, 11) is 1.78. The van der Waals surface area contributed by atoms with Crippen LogP contribution in [0.4, 0.5) is 11.6 Å². The Labute approximate surface area is 160 Å². The lowest BCUT2D eigenvalue weighted by Gasteiger charge is -2.17. The van der Waals surface area contributed by atoms with Gasteiger partial charge in [0, 0.05) is 25.0 Å². The van der Waals surface area contributed by atoms with E-state index in [1.54, 1.807) is 18.0 Å². The zero-order valence-electron chi connectivity index (χ0n) is 15.9. The van der Waals surface area contributed by atoms with Gasteiger partial charge in [-0.1, -0.05) is 49.4 Å². The number of benzene rings is 2. The first kappa shape index (κ1) is 18.6. The van der Waals surface area contributed by atoms with Gasteiger partial charge in [0.2, 0.25) is 5.95 Å². The Bertz CT molecular complexity index is 907. The maximum absolute atomic E-state index is 12.8. The van der Waals surface area contributed by atoms with Crippen molar-refractivity contribution in [3.8, 4) is 0 Å². The first-order chi connectivity index (χ1) is 13.0. The molecular weight excluding hydrogens is 336 g/mol. The predicted octanol–water partition coefficient (Wildman–Crippen LogP) is 4.36. The van der Waals surface area contributed by atoms with E-state index in [1.807, 2.05) is 49.4 Å². The van der Waals surface area contributed by atoms with Gasteiger partial charge in [-0.15, -0.1) is 0 Å². The van der Waals surface area contributed by atoms with Crippen LogP contribution in [0.3, 0.4) is 0 Å². The Morgan fingerprint density at radius 1 is 1.00 bits per heavy atom. The summed E-state index contributed by atoms with van der Waals surface area (Å²) in [5.74, 6) is 0.296. The predicted molar refractivity (Wildman–Crippen MR) is 108 cm³/mol. The van der Waals surface area contributed by atoms with Gasteiger partial charge in [-0.25, -0.2) is 9.97 Å². The zero-order valence-corrected chi connectivity index (χ0v) is 15.9. The molecule has 0 bridgehead atoms. The van der Waals surface area contributed by atoms with Gasteiger partial charge in [-0.3, -0.25) is 4.79 Å². The summed E-state index contributed by atoms with van der Waals surface area (Å²) in [5, 5.41) is 3.19. The van der Waals surface area contributed by atoms with Crippen LogP contribution in [0.2, 0.25) is 0 Å². The van der Waals surface area contributed by atoms with E-state index in [2.05, 4.69) is 34.3 Å². The maximum atomic E-state index is 12.8. The van der Waals surface area contributed by atoms with Crippen LogP contribution < -0.4 is 5.32 Å². The summed E-state index contributed by atoms with van der Waals surface area (Å²) in [6.07, 6.45) is 0.994. The molecule has 0 spiro atoms. The highest BCUT2D eigenvalue weighted by Crippen LogP contribution is 2.16. The van der Waals surface area contributed by atoms with Crippen molar-refractivity contribution >= 4 is 17.5 Å². The van der Waals surface area contributed by atoms with Crippen LogP contribution in [-0.2, 0) is 13.0 Å². The normalized spacial score (nSPS) is 10.5. The smallest absolute Gasteiger partial charge is 0.272 e. The molecule has 0 radical (unpaired) electrons. The van der Waals surface area contributed by atoms with Gasteiger partial charge in [0.15, 0.2) is 0 Å². The molecule has 0 saturated heterocycles. The van der Waals surface area contributed by atoms with E-state index in [9.17, 15) is 4.79 Å². The number of amides is 1. The molecule has 3 rings (SSSR count). The van der Waals surface area contributed by atoms with Crippen molar-refractivity contribution in [3.63, 3.8) is 0 Å². The van der Waals surface area contributed by atoms with Gasteiger partial charge in [0.05, 0.1) is 0 Å². The number of carbonyl (C=O) groups is 1. The summed E-state index contributed by atoms with van der Waals surface area (Å²) in [6, 6.07) is 19.7. The number of hydrogen-bond acceptors (Lipinski definition) is 4. The van der Waals surface area contributed by atoms with Crippen LogP contribution in [-0.4, -0.2) is 27.8 Å². The molecule has 1 heterocycles. The number of aryl methyl sites for hydroxylation is 2. The summed E-state index contributed by atoms with van der Waals surface area (Å²) >= 11 is 0. The highest BCUT2D eigenvalue weighted by molar-refractivity contribution is 5.92. The molecule has 5 nitrogen and oxygen atoms in total. The second kappa shape index (κ2) is 8.45. The minimum absolute atomic E-state index is 0.131. The van der Waals surface area contributed by atoms with Crippen LogP contribution in [0.5, 0.6) is 0 Å². The summed E-state index contributed by atoms with van der Waals surface area (Å²) < 4.78 is 0. The van der Waals surface area contributed by atoms with E-state index in [1.165, 1.54) is 5.56 Å². The van der Waals surface area contributed by atoms with Crippen molar-refractivity contribution in [2.75, 3.05) is 12.4 Å². The molecule has 0 aliphatic carbocycles. The summed E-state index contributed by atoms with van der Waals surface area (Å²) in [6.45, 7) is 4.51. The van der Waals surface area contributed by atoms with Gasteiger partial charge in [0.25, 0.3) is 5.91 Å². The number of hydrogen-bond donors (Lipinski definition) is 1. The maximum Gasteiger partial charge on any atom is 0.272 e. The van der Waals surface area contributed by atoms with Gasteiger partial charge >= 0.3 is 0 Å².